The van der Waals surface area contributed by atoms with Gasteiger partial charge in [-0.15, -0.1) is 0 Å². The molecule has 0 spiro atoms. The lowest BCUT2D eigenvalue weighted by Crippen LogP contribution is -2.30. The van der Waals surface area contributed by atoms with Crippen LogP contribution in [0.25, 0.3) is 0 Å². The Bertz CT molecular complexity index is 1020. The summed E-state index contributed by atoms with van der Waals surface area (Å²) < 4.78 is 52.8. The van der Waals surface area contributed by atoms with E-state index < -0.39 is 26.9 Å². The lowest BCUT2D eigenvalue weighted by atomic mass is 9.88. The minimum atomic E-state index is -3.66. The van der Waals surface area contributed by atoms with Gasteiger partial charge in [-0.1, -0.05) is 38.6 Å². The van der Waals surface area contributed by atoms with Crippen LogP contribution in [0.2, 0.25) is 0 Å². The third-order valence-electron chi connectivity index (χ3n) is 3.99. The van der Waals surface area contributed by atoms with Crippen molar-refractivity contribution in [3.63, 3.8) is 0 Å². The SMILES string of the molecule is CC(Sc1nc(N[C@@H](CO)CC(C)(C)C)nc(NS(C)(=O)=O)n1)c1ccc(F)cc1F. The second-order valence-corrected chi connectivity index (χ2v) is 11.4. The molecule has 31 heavy (non-hydrogen) atoms. The van der Waals surface area contributed by atoms with Gasteiger partial charge in [0.1, 0.15) is 11.6 Å². The first-order chi connectivity index (χ1) is 14.3. The van der Waals surface area contributed by atoms with Gasteiger partial charge in [-0.3, -0.25) is 4.72 Å². The van der Waals surface area contributed by atoms with Crippen LogP contribution in [0.4, 0.5) is 20.7 Å². The fourth-order valence-electron chi connectivity index (χ4n) is 2.82. The van der Waals surface area contributed by atoms with Crippen molar-refractivity contribution in [3.05, 3.63) is 35.4 Å². The molecule has 0 saturated heterocycles. The molecule has 1 aromatic carbocycles. The van der Waals surface area contributed by atoms with Crippen LogP contribution in [0.1, 0.15) is 44.9 Å². The first kappa shape index (κ1) is 25.2. The monoisotopic (exact) mass is 475 g/mol. The Hall–Kier alpha value is -2.05. The summed E-state index contributed by atoms with van der Waals surface area (Å²) >= 11 is 1.06. The van der Waals surface area contributed by atoms with Crippen LogP contribution in [0.5, 0.6) is 0 Å². The summed E-state index contributed by atoms with van der Waals surface area (Å²) in [7, 11) is -3.66. The minimum absolute atomic E-state index is 0.0683. The molecule has 172 valence electrons. The van der Waals surface area contributed by atoms with Crippen molar-refractivity contribution >= 4 is 33.7 Å². The normalized spacial score (nSPS) is 14.2. The fraction of sp³-hybridized carbons (Fsp3) is 0.526. The molecule has 0 amide bonds. The molecule has 0 aliphatic carbocycles. The third kappa shape index (κ3) is 8.54. The molecule has 8 nitrogen and oxygen atoms in total. The van der Waals surface area contributed by atoms with Crippen molar-refractivity contribution in [1.82, 2.24) is 15.0 Å². The molecule has 0 saturated carbocycles. The van der Waals surface area contributed by atoms with E-state index in [9.17, 15) is 22.3 Å². The smallest absolute Gasteiger partial charge is 0.242 e. The van der Waals surface area contributed by atoms with E-state index in [2.05, 4.69) is 25.0 Å². The molecule has 1 unspecified atom stereocenters. The van der Waals surface area contributed by atoms with E-state index in [1.165, 1.54) is 6.07 Å². The summed E-state index contributed by atoms with van der Waals surface area (Å²) in [6, 6.07) is 2.91. The summed E-state index contributed by atoms with van der Waals surface area (Å²) in [4.78, 5) is 12.4. The second-order valence-electron chi connectivity index (χ2n) is 8.35. The molecule has 2 atom stereocenters. The number of nitrogens with one attached hydrogen (secondary N) is 2. The lowest BCUT2D eigenvalue weighted by molar-refractivity contribution is 0.233. The fourth-order valence-corrected chi connectivity index (χ4v) is 4.16. The maximum atomic E-state index is 14.1. The van der Waals surface area contributed by atoms with Crippen LogP contribution >= 0.6 is 11.8 Å². The molecule has 0 bridgehead atoms. The maximum absolute atomic E-state index is 14.1. The largest absolute Gasteiger partial charge is 0.394 e. The van der Waals surface area contributed by atoms with Crippen molar-refractivity contribution in [3.8, 4) is 0 Å². The Morgan fingerprint density at radius 3 is 2.35 bits per heavy atom. The number of aromatic nitrogens is 3. The number of hydrogen-bond acceptors (Lipinski definition) is 8. The molecule has 1 heterocycles. The highest BCUT2D eigenvalue weighted by Crippen LogP contribution is 2.35. The quantitative estimate of drug-likeness (QED) is 0.471. The number of hydrogen-bond donors (Lipinski definition) is 3. The summed E-state index contributed by atoms with van der Waals surface area (Å²) in [5, 5.41) is 12.3. The summed E-state index contributed by atoms with van der Waals surface area (Å²) in [5.41, 5.74) is 0.160. The van der Waals surface area contributed by atoms with Crippen LogP contribution in [0.3, 0.4) is 0 Å². The molecule has 0 fully saturated rings. The van der Waals surface area contributed by atoms with E-state index >= 15 is 0 Å². The van der Waals surface area contributed by atoms with E-state index in [-0.39, 0.29) is 40.7 Å². The maximum Gasteiger partial charge on any atom is 0.242 e. The minimum Gasteiger partial charge on any atom is -0.394 e. The van der Waals surface area contributed by atoms with Crippen LogP contribution in [0.15, 0.2) is 23.4 Å². The van der Waals surface area contributed by atoms with E-state index in [1.54, 1.807) is 6.92 Å². The zero-order chi connectivity index (χ0) is 23.4. The highest BCUT2D eigenvalue weighted by molar-refractivity contribution is 7.99. The van der Waals surface area contributed by atoms with Gasteiger partial charge in [0.05, 0.1) is 18.9 Å². The van der Waals surface area contributed by atoms with Crippen molar-refractivity contribution < 1.29 is 22.3 Å². The number of aliphatic hydroxyl groups excluding tert-OH is 1. The van der Waals surface area contributed by atoms with Gasteiger partial charge < -0.3 is 10.4 Å². The van der Waals surface area contributed by atoms with Gasteiger partial charge in [0, 0.05) is 16.9 Å². The van der Waals surface area contributed by atoms with E-state index in [0.717, 1.165) is 30.2 Å². The van der Waals surface area contributed by atoms with Gasteiger partial charge in [0.25, 0.3) is 0 Å². The van der Waals surface area contributed by atoms with Crippen molar-refractivity contribution in [2.24, 2.45) is 5.41 Å². The van der Waals surface area contributed by atoms with Gasteiger partial charge in [0.2, 0.25) is 21.9 Å². The summed E-state index contributed by atoms with van der Waals surface area (Å²) in [5.74, 6) is -1.52. The average molecular weight is 476 g/mol. The number of halogens is 2. The first-order valence-electron chi connectivity index (χ1n) is 9.48. The zero-order valence-corrected chi connectivity index (χ0v) is 19.6. The number of benzene rings is 1. The lowest BCUT2D eigenvalue weighted by Gasteiger charge is -2.25. The summed E-state index contributed by atoms with van der Waals surface area (Å²) in [6.45, 7) is 7.56. The van der Waals surface area contributed by atoms with Gasteiger partial charge in [-0.05, 0) is 24.8 Å². The molecule has 3 N–H and O–H groups in total. The van der Waals surface area contributed by atoms with Crippen molar-refractivity contribution in [2.75, 3.05) is 22.9 Å². The third-order valence-corrected chi connectivity index (χ3v) is 5.54. The highest BCUT2D eigenvalue weighted by atomic mass is 32.2. The Balaban J connectivity index is 2.34. The van der Waals surface area contributed by atoms with Gasteiger partial charge in [-0.2, -0.15) is 15.0 Å². The molecule has 0 radical (unpaired) electrons. The van der Waals surface area contributed by atoms with Crippen LogP contribution in [-0.2, 0) is 10.0 Å². The number of anilines is 2. The molecule has 12 heteroatoms. The highest BCUT2D eigenvalue weighted by Gasteiger charge is 2.21. The molecular weight excluding hydrogens is 448 g/mol. The molecule has 2 rings (SSSR count). The molecular formula is C19H27F2N5O3S2. The number of sulfonamides is 1. The number of rotatable bonds is 9. The predicted octanol–water partition coefficient (Wildman–Crippen LogP) is 3.58. The molecule has 0 aliphatic rings. The average Bonchev–Trinajstić information content (AvgIpc) is 2.58. The van der Waals surface area contributed by atoms with E-state index in [1.807, 2.05) is 20.8 Å². The van der Waals surface area contributed by atoms with Gasteiger partial charge >= 0.3 is 0 Å². The predicted molar refractivity (Wildman–Crippen MR) is 117 cm³/mol. The van der Waals surface area contributed by atoms with Crippen LogP contribution in [-0.4, -0.2) is 47.4 Å². The summed E-state index contributed by atoms with van der Waals surface area (Å²) in [6.07, 6.45) is 1.56. The Labute approximate surface area is 185 Å². The van der Waals surface area contributed by atoms with Gasteiger partial charge in [-0.25, -0.2) is 17.2 Å². The number of thioether (sulfide) groups is 1. The Morgan fingerprint density at radius 1 is 1.16 bits per heavy atom. The Kier molecular flexibility index (Phi) is 8.17. The molecule has 1 aromatic heterocycles. The van der Waals surface area contributed by atoms with Crippen LogP contribution < -0.4 is 10.0 Å². The molecule has 2 aromatic rings. The van der Waals surface area contributed by atoms with E-state index in [4.69, 9.17) is 0 Å². The van der Waals surface area contributed by atoms with Crippen molar-refractivity contribution in [2.45, 2.75) is 50.6 Å². The molecule has 0 aliphatic heterocycles. The van der Waals surface area contributed by atoms with Gasteiger partial charge in [0.15, 0.2) is 5.16 Å². The first-order valence-corrected chi connectivity index (χ1v) is 12.3. The number of aliphatic hydroxyl groups is 1. The number of nitrogens with zero attached hydrogens (tertiary/aromatic N) is 3. The standard InChI is InChI=1S/C19H27F2N5O3S2/c1-11(14-7-6-12(20)8-15(14)21)30-18-24-16(22-13(10-27)9-19(2,3)4)23-17(25-18)26-31(5,28)29/h6-8,11,13,27H,9-10H2,1-5H3,(H2,22,23,24,25,26)/t11?,13-/m1/s1. The Morgan fingerprint density at radius 2 is 1.81 bits per heavy atom. The van der Waals surface area contributed by atoms with E-state index in [0.29, 0.717) is 6.42 Å². The van der Waals surface area contributed by atoms with Crippen LogP contribution in [0, 0.1) is 17.0 Å². The second kappa shape index (κ2) is 10.0. The topological polar surface area (TPSA) is 117 Å². The zero-order valence-electron chi connectivity index (χ0n) is 18.0. The van der Waals surface area contributed by atoms with Crippen molar-refractivity contribution in [1.29, 1.82) is 0 Å².